The van der Waals surface area contributed by atoms with E-state index in [1.54, 1.807) is 24.3 Å². The summed E-state index contributed by atoms with van der Waals surface area (Å²) >= 11 is 0. The Labute approximate surface area is 151 Å². The molecule has 1 aromatic carbocycles. The Morgan fingerprint density at radius 2 is 1.89 bits per heavy atom. The van der Waals surface area contributed by atoms with Crippen LogP contribution in [0.1, 0.15) is 30.5 Å². The minimum Gasteiger partial charge on any atom is -0.424 e. The van der Waals surface area contributed by atoms with Gasteiger partial charge in [-0.1, -0.05) is 5.16 Å². The van der Waals surface area contributed by atoms with Gasteiger partial charge in [-0.05, 0) is 43.2 Å². The Kier molecular flexibility index (Phi) is 4.48. The van der Waals surface area contributed by atoms with E-state index in [4.69, 9.17) is 14.0 Å². The summed E-state index contributed by atoms with van der Waals surface area (Å²) in [4.78, 5) is 11.4. The molecule has 4 rings (SSSR count). The van der Waals surface area contributed by atoms with Crippen LogP contribution in [0, 0.1) is 0 Å². The first-order valence-corrected chi connectivity index (χ1v) is 8.13. The van der Waals surface area contributed by atoms with E-state index in [9.17, 15) is 13.2 Å². The maximum absolute atomic E-state index is 12.7. The fourth-order valence-electron chi connectivity index (χ4n) is 2.58. The van der Waals surface area contributed by atoms with Crippen LogP contribution in [-0.2, 0) is 10.9 Å². The van der Waals surface area contributed by atoms with Crippen molar-refractivity contribution < 1.29 is 27.2 Å². The van der Waals surface area contributed by atoms with Gasteiger partial charge in [0.1, 0.15) is 11.9 Å². The number of alkyl halides is 3. The lowest BCUT2D eigenvalue weighted by atomic mass is 10.2. The Morgan fingerprint density at radius 3 is 2.59 bits per heavy atom. The van der Waals surface area contributed by atoms with Crippen LogP contribution >= 0.6 is 0 Å². The number of halogens is 3. The van der Waals surface area contributed by atoms with Gasteiger partial charge in [-0.25, -0.2) is 4.98 Å². The molecule has 7 nitrogen and oxygen atoms in total. The second kappa shape index (κ2) is 6.95. The summed E-state index contributed by atoms with van der Waals surface area (Å²) in [6.07, 6.45) is -1.96. The van der Waals surface area contributed by atoms with Crippen LogP contribution in [0.3, 0.4) is 0 Å². The third-order valence-corrected chi connectivity index (χ3v) is 3.89. The zero-order valence-corrected chi connectivity index (χ0v) is 13.8. The predicted molar refractivity (Wildman–Crippen MR) is 84.8 cm³/mol. The summed E-state index contributed by atoms with van der Waals surface area (Å²) < 4.78 is 54.1. The van der Waals surface area contributed by atoms with Crippen molar-refractivity contribution in [3.05, 3.63) is 48.1 Å². The average Bonchev–Trinajstić information content (AvgIpc) is 3.34. The lowest BCUT2D eigenvalue weighted by molar-refractivity contribution is -0.141. The maximum atomic E-state index is 12.7. The highest BCUT2D eigenvalue weighted by atomic mass is 19.4. The van der Waals surface area contributed by atoms with Gasteiger partial charge < -0.3 is 14.0 Å². The molecule has 0 amide bonds. The predicted octanol–water partition coefficient (Wildman–Crippen LogP) is 4.19. The zero-order chi connectivity index (χ0) is 18.9. The van der Waals surface area contributed by atoms with E-state index in [0.29, 0.717) is 23.9 Å². The largest absolute Gasteiger partial charge is 0.433 e. The topological polar surface area (TPSA) is 83.2 Å². The lowest BCUT2D eigenvalue weighted by Crippen LogP contribution is -2.08. The Balaban J connectivity index is 1.48. The van der Waals surface area contributed by atoms with Crippen molar-refractivity contribution in [1.29, 1.82) is 0 Å². The standard InChI is InChI=1S/C17H13F3N4O3/c18-17(19,20)13-7-8-21-16(22-13)26-11-5-3-10(4-6-11)14-23-15(27-24-14)12-2-1-9-25-12/h3-8,12H,1-2,9H2. The molecule has 3 heterocycles. The van der Waals surface area contributed by atoms with E-state index in [0.717, 1.165) is 25.1 Å². The molecule has 1 atom stereocenters. The third kappa shape index (κ3) is 3.90. The average molecular weight is 378 g/mol. The van der Waals surface area contributed by atoms with Gasteiger partial charge in [-0.3, -0.25) is 0 Å². The molecule has 27 heavy (non-hydrogen) atoms. The number of nitrogens with zero attached hydrogens (tertiary/aromatic N) is 4. The molecule has 1 fully saturated rings. The molecule has 0 spiro atoms. The molecule has 0 bridgehead atoms. The number of ether oxygens (including phenoxy) is 2. The van der Waals surface area contributed by atoms with E-state index in [1.807, 2.05) is 0 Å². The first kappa shape index (κ1) is 17.4. The third-order valence-electron chi connectivity index (χ3n) is 3.89. The van der Waals surface area contributed by atoms with Gasteiger partial charge in [-0.2, -0.15) is 23.1 Å². The van der Waals surface area contributed by atoms with Crippen molar-refractivity contribution in [2.24, 2.45) is 0 Å². The summed E-state index contributed by atoms with van der Waals surface area (Å²) in [6.45, 7) is 0.673. The van der Waals surface area contributed by atoms with Crippen LogP contribution in [-0.4, -0.2) is 26.7 Å². The van der Waals surface area contributed by atoms with E-state index in [1.165, 1.54) is 0 Å². The molecule has 0 aliphatic carbocycles. The number of hydrogen-bond acceptors (Lipinski definition) is 7. The highest BCUT2D eigenvalue weighted by Gasteiger charge is 2.33. The van der Waals surface area contributed by atoms with E-state index in [2.05, 4.69) is 20.1 Å². The van der Waals surface area contributed by atoms with Crippen LogP contribution < -0.4 is 4.74 Å². The van der Waals surface area contributed by atoms with Gasteiger partial charge in [0.15, 0.2) is 5.69 Å². The zero-order valence-electron chi connectivity index (χ0n) is 13.8. The van der Waals surface area contributed by atoms with Crippen LogP contribution in [0.15, 0.2) is 41.1 Å². The van der Waals surface area contributed by atoms with Gasteiger partial charge in [0.2, 0.25) is 5.82 Å². The minimum atomic E-state index is -4.57. The minimum absolute atomic E-state index is 0.174. The summed E-state index contributed by atoms with van der Waals surface area (Å²) in [5.41, 5.74) is -0.405. The second-order valence-electron chi connectivity index (χ2n) is 5.81. The molecule has 0 saturated carbocycles. The highest BCUT2D eigenvalue weighted by Crippen LogP contribution is 2.31. The van der Waals surface area contributed by atoms with Crippen molar-refractivity contribution in [3.63, 3.8) is 0 Å². The summed E-state index contributed by atoms with van der Waals surface area (Å²) in [6, 6.07) is 6.82. The number of aromatic nitrogens is 4. The molecule has 1 unspecified atom stereocenters. The fraction of sp³-hybridized carbons (Fsp3) is 0.294. The molecular formula is C17H13F3N4O3. The number of rotatable bonds is 4. The van der Waals surface area contributed by atoms with Crippen LogP contribution in [0.5, 0.6) is 11.8 Å². The molecule has 1 aliphatic heterocycles. The quantitative estimate of drug-likeness (QED) is 0.673. The van der Waals surface area contributed by atoms with Gasteiger partial charge in [0, 0.05) is 18.4 Å². The molecule has 2 aromatic heterocycles. The Morgan fingerprint density at radius 1 is 1.07 bits per heavy atom. The molecule has 3 aromatic rings. The summed E-state index contributed by atoms with van der Waals surface area (Å²) in [5, 5.41) is 3.93. The van der Waals surface area contributed by atoms with Crippen LogP contribution in [0.2, 0.25) is 0 Å². The van der Waals surface area contributed by atoms with Crippen molar-refractivity contribution in [1.82, 2.24) is 20.1 Å². The SMILES string of the molecule is FC(F)(F)c1ccnc(Oc2ccc(-c3noc(C4CCCO4)n3)cc2)n1. The van der Waals surface area contributed by atoms with Gasteiger partial charge >= 0.3 is 12.2 Å². The second-order valence-corrected chi connectivity index (χ2v) is 5.81. The molecule has 1 aliphatic rings. The van der Waals surface area contributed by atoms with E-state index < -0.39 is 17.9 Å². The van der Waals surface area contributed by atoms with Crippen molar-refractivity contribution in [3.8, 4) is 23.1 Å². The van der Waals surface area contributed by atoms with E-state index in [-0.39, 0.29) is 11.9 Å². The van der Waals surface area contributed by atoms with Gasteiger partial charge in [0.05, 0.1) is 0 Å². The first-order chi connectivity index (χ1) is 13.0. The normalized spacial score (nSPS) is 17.2. The molecule has 1 saturated heterocycles. The fourth-order valence-corrected chi connectivity index (χ4v) is 2.58. The smallest absolute Gasteiger partial charge is 0.424 e. The molecule has 0 radical (unpaired) electrons. The maximum Gasteiger partial charge on any atom is 0.433 e. The molecule has 10 heteroatoms. The summed E-state index contributed by atoms with van der Waals surface area (Å²) in [5.74, 6) is 1.10. The van der Waals surface area contributed by atoms with Crippen molar-refractivity contribution in [2.75, 3.05) is 6.61 Å². The van der Waals surface area contributed by atoms with Gasteiger partial charge in [-0.15, -0.1) is 0 Å². The summed E-state index contributed by atoms with van der Waals surface area (Å²) in [7, 11) is 0. The monoisotopic (exact) mass is 378 g/mol. The van der Waals surface area contributed by atoms with E-state index >= 15 is 0 Å². The van der Waals surface area contributed by atoms with Crippen molar-refractivity contribution >= 4 is 0 Å². The highest BCUT2D eigenvalue weighted by molar-refractivity contribution is 5.55. The Bertz CT molecular complexity index is 922. The van der Waals surface area contributed by atoms with Crippen molar-refractivity contribution in [2.45, 2.75) is 25.1 Å². The lowest BCUT2D eigenvalue weighted by Gasteiger charge is -2.07. The molecular weight excluding hydrogens is 365 g/mol. The first-order valence-electron chi connectivity index (χ1n) is 8.13. The van der Waals surface area contributed by atoms with Crippen LogP contribution in [0.25, 0.3) is 11.4 Å². The van der Waals surface area contributed by atoms with Gasteiger partial charge in [0.25, 0.3) is 5.89 Å². The molecule has 140 valence electrons. The van der Waals surface area contributed by atoms with Crippen LogP contribution in [0.4, 0.5) is 13.2 Å². The Hall–Kier alpha value is -3.01. The number of benzene rings is 1. The molecule has 0 N–H and O–H groups in total. The number of hydrogen-bond donors (Lipinski definition) is 0.